The predicted octanol–water partition coefficient (Wildman–Crippen LogP) is 4.33. The molecule has 0 aliphatic carbocycles. The second kappa shape index (κ2) is 7.23. The number of nitrogens with one attached hydrogen (secondary N) is 1. The van der Waals surface area contributed by atoms with Crippen LogP contribution in [0.5, 0.6) is 11.5 Å². The van der Waals surface area contributed by atoms with Gasteiger partial charge in [0.25, 0.3) is 5.91 Å². The first-order chi connectivity index (χ1) is 12.1. The third-order valence-electron chi connectivity index (χ3n) is 4.26. The summed E-state index contributed by atoms with van der Waals surface area (Å²) in [5.41, 5.74) is 2.34. The lowest BCUT2D eigenvalue weighted by Crippen LogP contribution is -2.43. The number of hydrogen-bond donors (Lipinski definition) is 1. The maximum absolute atomic E-state index is 12.9. The number of carbonyl (C=O) groups is 1. The van der Waals surface area contributed by atoms with Crippen molar-refractivity contribution in [2.45, 2.75) is 19.5 Å². The topological polar surface area (TPSA) is 50.8 Å². The van der Waals surface area contributed by atoms with Gasteiger partial charge in [-0.25, -0.2) is 0 Å². The van der Waals surface area contributed by atoms with Crippen LogP contribution in [0.3, 0.4) is 0 Å². The smallest absolute Gasteiger partial charge is 0.257 e. The summed E-state index contributed by atoms with van der Waals surface area (Å²) < 4.78 is 10.7. The molecular formula is C19H21ClN2O3. The van der Waals surface area contributed by atoms with Crippen molar-refractivity contribution in [3.63, 3.8) is 0 Å². The maximum atomic E-state index is 12.9. The third-order valence-corrected chi connectivity index (χ3v) is 4.54. The van der Waals surface area contributed by atoms with Gasteiger partial charge in [-0.15, -0.1) is 0 Å². The van der Waals surface area contributed by atoms with E-state index in [1.54, 1.807) is 14.2 Å². The average Bonchev–Trinajstić information content (AvgIpc) is 2.63. The molecule has 0 fully saturated rings. The number of methoxy groups -OCH3 is 2. The van der Waals surface area contributed by atoms with Gasteiger partial charge in [-0.3, -0.25) is 4.79 Å². The quantitative estimate of drug-likeness (QED) is 0.862. The first-order valence-corrected chi connectivity index (χ1v) is 8.56. The Morgan fingerprint density at radius 1 is 1.20 bits per heavy atom. The number of rotatable bonds is 5. The van der Waals surface area contributed by atoms with E-state index in [0.717, 1.165) is 17.7 Å². The Morgan fingerprint density at radius 2 is 1.96 bits per heavy atom. The lowest BCUT2D eigenvalue weighted by atomic mass is 10.0. The second-order valence-corrected chi connectivity index (χ2v) is 6.24. The van der Waals surface area contributed by atoms with Crippen molar-refractivity contribution in [3.8, 4) is 11.5 Å². The average molecular weight is 361 g/mol. The molecule has 0 spiro atoms. The number of benzene rings is 2. The van der Waals surface area contributed by atoms with Crippen molar-refractivity contribution in [1.29, 1.82) is 0 Å². The zero-order chi connectivity index (χ0) is 18.0. The van der Waals surface area contributed by atoms with Crippen LogP contribution < -0.4 is 14.8 Å². The van der Waals surface area contributed by atoms with E-state index in [4.69, 9.17) is 21.1 Å². The zero-order valence-electron chi connectivity index (χ0n) is 14.5. The van der Waals surface area contributed by atoms with Crippen molar-refractivity contribution in [3.05, 3.63) is 52.5 Å². The molecule has 1 aliphatic rings. The number of hydrogen-bond acceptors (Lipinski definition) is 4. The van der Waals surface area contributed by atoms with Gasteiger partial charge in [-0.05, 0) is 30.7 Å². The Morgan fingerprint density at radius 3 is 2.64 bits per heavy atom. The van der Waals surface area contributed by atoms with E-state index in [9.17, 15) is 4.79 Å². The van der Waals surface area contributed by atoms with Crippen LogP contribution in [0.25, 0.3) is 0 Å². The summed E-state index contributed by atoms with van der Waals surface area (Å²) in [5.74, 6) is 1.03. The highest BCUT2D eigenvalue weighted by atomic mass is 35.5. The van der Waals surface area contributed by atoms with Crippen LogP contribution in [0, 0.1) is 0 Å². The normalized spacial score (nSPS) is 16.2. The van der Waals surface area contributed by atoms with Crippen molar-refractivity contribution in [2.75, 3.05) is 26.1 Å². The fourth-order valence-corrected chi connectivity index (χ4v) is 3.42. The molecule has 5 nitrogen and oxygen atoms in total. The molecule has 0 radical (unpaired) electrons. The predicted molar refractivity (Wildman–Crippen MR) is 98.7 cm³/mol. The van der Waals surface area contributed by atoms with Gasteiger partial charge in [0.1, 0.15) is 6.17 Å². The summed E-state index contributed by atoms with van der Waals surface area (Å²) in [6.07, 6.45) is 0.535. The molecule has 0 aromatic heterocycles. The maximum Gasteiger partial charge on any atom is 0.257 e. The van der Waals surface area contributed by atoms with E-state index in [1.807, 2.05) is 48.2 Å². The molecule has 3 rings (SSSR count). The van der Waals surface area contributed by atoms with Gasteiger partial charge in [-0.1, -0.05) is 30.7 Å². The van der Waals surface area contributed by atoms with E-state index >= 15 is 0 Å². The number of fused-ring (bicyclic) bond motifs is 1. The number of anilines is 1. The molecule has 132 valence electrons. The molecule has 2 aromatic carbocycles. The van der Waals surface area contributed by atoms with Gasteiger partial charge in [0.05, 0.1) is 24.8 Å². The van der Waals surface area contributed by atoms with Gasteiger partial charge >= 0.3 is 0 Å². The number of para-hydroxylation sites is 1. The lowest BCUT2D eigenvalue weighted by molar-refractivity contribution is 0.0683. The first-order valence-electron chi connectivity index (χ1n) is 8.18. The molecule has 1 atom stereocenters. The molecule has 0 unspecified atom stereocenters. The van der Waals surface area contributed by atoms with E-state index in [0.29, 0.717) is 28.6 Å². The molecule has 1 N–H and O–H groups in total. The molecule has 1 amide bonds. The van der Waals surface area contributed by atoms with Crippen molar-refractivity contribution < 1.29 is 14.3 Å². The minimum Gasteiger partial charge on any atom is -0.493 e. The Kier molecular flexibility index (Phi) is 5.04. The molecule has 1 heterocycles. The SMILES string of the molecule is CCCN1C(=O)c2ccccc2N[C@H]1c1cc(Cl)c(OC)c(OC)c1. The van der Waals surface area contributed by atoms with Gasteiger partial charge in [0, 0.05) is 17.8 Å². The minimum atomic E-state index is -0.320. The van der Waals surface area contributed by atoms with Crippen LogP contribution in [0.1, 0.15) is 35.4 Å². The molecule has 0 saturated carbocycles. The van der Waals surface area contributed by atoms with E-state index in [1.165, 1.54) is 0 Å². The Bertz CT molecular complexity index is 794. The van der Waals surface area contributed by atoms with E-state index in [-0.39, 0.29) is 12.1 Å². The number of halogens is 1. The van der Waals surface area contributed by atoms with E-state index < -0.39 is 0 Å². The van der Waals surface area contributed by atoms with E-state index in [2.05, 4.69) is 5.32 Å². The molecule has 6 heteroatoms. The monoisotopic (exact) mass is 360 g/mol. The second-order valence-electron chi connectivity index (χ2n) is 5.83. The Balaban J connectivity index is 2.08. The van der Waals surface area contributed by atoms with Crippen LogP contribution in [-0.2, 0) is 0 Å². The molecule has 0 saturated heterocycles. The van der Waals surface area contributed by atoms with Crippen molar-refractivity contribution in [2.24, 2.45) is 0 Å². The molecule has 1 aliphatic heterocycles. The lowest BCUT2D eigenvalue weighted by Gasteiger charge is -2.38. The fourth-order valence-electron chi connectivity index (χ4n) is 3.12. The molecule has 2 aromatic rings. The summed E-state index contributed by atoms with van der Waals surface area (Å²) in [7, 11) is 3.11. The molecular weight excluding hydrogens is 340 g/mol. The third kappa shape index (κ3) is 3.12. The first kappa shape index (κ1) is 17.4. The summed E-state index contributed by atoms with van der Waals surface area (Å²) in [4.78, 5) is 14.8. The Labute approximate surface area is 152 Å². The highest BCUT2D eigenvalue weighted by Crippen LogP contribution is 2.40. The fraction of sp³-hybridized carbons (Fsp3) is 0.316. The summed E-state index contributed by atoms with van der Waals surface area (Å²) in [6, 6.07) is 11.2. The van der Waals surface area contributed by atoms with Crippen LogP contribution in [0.4, 0.5) is 5.69 Å². The van der Waals surface area contributed by atoms with Crippen molar-refractivity contribution >= 4 is 23.2 Å². The van der Waals surface area contributed by atoms with Gasteiger partial charge in [0.2, 0.25) is 0 Å². The standard InChI is InChI=1S/C19H21ClN2O3/c1-4-9-22-18(21-15-8-6-5-7-13(15)19(22)23)12-10-14(20)17(25-3)16(11-12)24-2/h5-8,10-11,18,21H,4,9H2,1-3H3/t18-/m1/s1. The number of amides is 1. The minimum absolute atomic E-state index is 0.00658. The van der Waals surface area contributed by atoms with Gasteiger partial charge in [-0.2, -0.15) is 0 Å². The van der Waals surface area contributed by atoms with Crippen LogP contribution in [-0.4, -0.2) is 31.6 Å². The summed E-state index contributed by atoms with van der Waals surface area (Å²) >= 11 is 6.36. The number of nitrogens with zero attached hydrogens (tertiary/aromatic N) is 1. The van der Waals surface area contributed by atoms with Gasteiger partial charge in [0.15, 0.2) is 11.5 Å². The number of carbonyl (C=O) groups excluding carboxylic acids is 1. The Hall–Kier alpha value is -2.40. The van der Waals surface area contributed by atoms with Crippen LogP contribution in [0.2, 0.25) is 5.02 Å². The highest BCUT2D eigenvalue weighted by Gasteiger charge is 2.33. The highest BCUT2D eigenvalue weighted by molar-refractivity contribution is 6.32. The molecule has 0 bridgehead atoms. The van der Waals surface area contributed by atoms with Crippen LogP contribution >= 0.6 is 11.6 Å². The van der Waals surface area contributed by atoms with Crippen LogP contribution in [0.15, 0.2) is 36.4 Å². The largest absolute Gasteiger partial charge is 0.493 e. The number of ether oxygens (including phenoxy) is 2. The zero-order valence-corrected chi connectivity index (χ0v) is 15.3. The van der Waals surface area contributed by atoms with Gasteiger partial charge < -0.3 is 19.7 Å². The summed E-state index contributed by atoms with van der Waals surface area (Å²) in [6.45, 7) is 2.68. The summed E-state index contributed by atoms with van der Waals surface area (Å²) in [5, 5.41) is 3.89. The molecule has 25 heavy (non-hydrogen) atoms. The van der Waals surface area contributed by atoms with Crippen molar-refractivity contribution in [1.82, 2.24) is 4.90 Å².